The maximum Gasteiger partial charge on any atom is 0.160 e. The van der Waals surface area contributed by atoms with Crippen LogP contribution >= 0.6 is 0 Å². The standard InChI is InChI=1S/C58H34N2O/c1-2-12-38(13-3-1)58-59-50(39-18-8-19-40(30-39)53-33-41-14-4-7-25-52(41)61-53)34-51(60-58)45-21-6-5-20-44(45)43-31-42-29-28-37-16-10-23-47-46-22-9-15-35-26-27-36-17-11-24-48(56(36)54(35)46)49(32-43)57(42)55(37)47/h1-34H. The summed E-state index contributed by atoms with van der Waals surface area (Å²) in [6.45, 7) is 0. The first-order valence-corrected chi connectivity index (χ1v) is 20.8. The summed E-state index contributed by atoms with van der Waals surface area (Å²) >= 11 is 0. The fourth-order valence-electron chi connectivity index (χ4n) is 9.80. The van der Waals surface area contributed by atoms with E-state index in [1.165, 1.54) is 64.6 Å². The van der Waals surface area contributed by atoms with Gasteiger partial charge in [0.15, 0.2) is 5.82 Å². The summed E-state index contributed by atoms with van der Waals surface area (Å²) in [5, 5.41) is 16.3. The monoisotopic (exact) mass is 774 g/mol. The molecule has 2 heterocycles. The van der Waals surface area contributed by atoms with Crippen molar-refractivity contribution < 1.29 is 4.42 Å². The van der Waals surface area contributed by atoms with Crippen LogP contribution < -0.4 is 0 Å². The second kappa shape index (κ2) is 13.2. The number of nitrogens with zero attached hydrogens (tertiary/aromatic N) is 2. The number of benzene rings is 10. The van der Waals surface area contributed by atoms with Gasteiger partial charge in [0.2, 0.25) is 0 Å². The maximum absolute atomic E-state index is 6.31. The summed E-state index contributed by atoms with van der Waals surface area (Å²) in [5.74, 6) is 1.50. The Morgan fingerprint density at radius 3 is 1.56 bits per heavy atom. The molecule has 13 aromatic rings. The van der Waals surface area contributed by atoms with Gasteiger partial charge in [0, 0.05) is 27.6 Å². The Kier molecular flexibility index (Phi) is 7.31. The van der Waals surface area contributed by atoms with E-state index in [4.69, 9.17) is 14.4 Å². The number of furan rings is 1. The summed E-state index contributed by atoms with van der Waals surface area (Å²) in [5.41, 5.74) is 8.82. The van der Waals surface area contributed by atoms with Gasteiger partial charge in [-0.15, -0.1) is 0 Å². The molecular formula is C58H34N2O. The Morgan fingerprint density at radius 1 is 0.295 bits per heavy atom. The third-order valence-corrected chi connectivity index (χ3v) is 12.6. The van der Waals surface area contributed by atoms with Crippen LogP contribution in [0.15, 0.2) is 211 Å². The van der Waals surface area contributed by atoms with Gasteiger partial charge in [-0.3, -0.25) is 0 Å². The number of para-hydroxylation sites is 1. The number of rotatable bonds is 5. The molecule has 61 heavy (non-hydrogen) atoms. The van der Waals surface area contributed by atoms with Gasteiger partial charge in [0.05, 0.1) is 11.4 Å². The minimum atomic E-state index is 0.677. The molecule has 0 aliphatic rings. The minimum absolute atomic E-state index is 0.677. The van der Waals surface area contributed by atoms with Crippen LogP contribution in [-0.2, 0) is 0 Å². The van der Waals surface area contributed by atoms with E-state index in [0.717, 1.165) is 61.5 Å². The molecule has 0 saturated heterocycles. The molecule has 0 fully saturated rings. The number of hydrogen-bond donors (Lipinski definition) is 0. The molecule has 0 unspecified atom stereocenters. The van der Waals surface area contributed by atoms with Gasteiger partial charge in [0.1, 0.15) is 11.3 Å². The largest absolute Gasteiger partial charge is 0.456 e. The molecule has 13 rings (SSSR count). The van der Waals surface area contributed by atoms with Crippen LogP contribution in [0.4, 0.5) is 0 Å². The predicted octanol–water partition coefficient (Wildman–Crippen LogP) is 15.9. The quantitative estimate of drug-likeness (QED) is 0.164. The Bertz CT molecular complexity index is 3840. The summed E-state index contributed by atoms with van der Waals surface area (Å²) in [6, 6.07) is 74.1. The van der Waals surface area contributed by atoms with Gasteiger partial charge in [-0.1, -0.05) is 170 Å². The van der Waals surface area contributed by atoms with E-state index in [1.807, 2.05) is 36.4 Å². The van der Waals surface area contributed by atoms with E-state index >= 15 is 0 Å². The summed E-state index contributed by atoms with van der Waals surface area (Å²) in [4.78, 5) is 10.5. The molecule has 0 amide bonds. The van der Waals surface area contributed by atoms with Gasteiger partial charge in [-0.2, -0.15) is 0 Å². The van der Waals surface area contributed by atoms with Crippen molar-refractivity contribution in [3.05, 3.63) is 206 Å². The second-order valence-corrected chi connectivity index (χ2v) is 16.1. The molecule has 0 aliphatic heterocycles. The van der Waals surface area contributed by atoms with E-state index in [2.05, 4.69) is 170 Å². The molecule has 0 radical (unpaired) electrons. The zero-order valence-electron chi connectivity index (χ0n) is 32.9. The molecule has 3 heteroatoms. The first-order chi connectivity index (χ1) is 30.2. The van der Waals surface area contributed by atoms with Crippen molar-refractivity contribution in [2.75, 3.05) is 0 Å². The van der Waals surface area contributed by atoms with Crippen molar-refractivity contribution in [3.8, 4) is 56.4 Å². The molecule has 0 spiro atoms. The summed E-state index contributed by atoms with van der Waals surface area (Å²) in [6.07, 6.45) is 0. The molecule has 11 aromatic carbocycles. The third kappa shape index (κ3) is 5.31. The molecule has 0 aliphatic carbocycles. The van der Waals surface area contributed by atoms with Crippen molar-refractivity contribution in [2.45, 2.75) is 0 Å². The summed E-state index contributed by atoms with van der Waals surface area (Å²) in [7, 11) is 0. The van der Waals surface area contributed by atoms with Crippen molar-refractivity contribution >= 4 is 75.6 Å². The molecule has 282 valence electrons. The fraction of sp³-hybridized carbons (Fsp3) is 0. The van der Waals surface area contributed by atoms with Crippen molar-refractivity contribution in [1.82, 2.24) is 9.97 Å². The highest BCUT2D eigenvalue weighted by atomic mass is 16.3. The first-order valence-electron chi connectivity index (χ1n) is 20.8. The van der Waals surface area contributed by atoms with Crippen LogP contribution in [0.3, 0.4) is 0 Å². The normalized spacial score (nSPS) is 11.9. The molecule has 3 nitrogen and oxygen atoms in total. The second-order valence-electron chi connectivity index (χ2n) is 16.1. The van der Waals surface area contributed by atoms with Gasteiger partial charge < -0.3 is 4.42 Å². The Balaban J connectivity index is 1.07. The van der Waals surface area contributed by atoms with Crippen LogP contribution in [0.5, 0.6) is 0 Å². The Hall–Kier alpha value is -8.14. The maximum atomic E-state index is 6.31. The predicted molar refractivity (Wildman–Crippen MR) is 255 cm³/mol. The molecule has 0 atom stereocenters. The van der Waals surface area contributed by atoms with Crippen LogP contribution in [-0.4, -0.2) is 9.97 Å². The van der Waals surface area contributed by atoms with Gasteiger partial charge >= 0.3 is 0 Å². The van der Waals surface area contributed by atoms with Crippen molar-refractivity contribution in [2.24, 2.45) is 0 Å². The van der Waals surface area contributed by atoms with Gasteiger partial charge in [-0.25, -0.2) is 9.97 Å². The molecule has 0 saturated carbocycles. The highest BCUT2D eigenvalue weighted by Crippen LogP contribution is 2.45. The van der Waals surface area contributed by atoms with E-state index in [0.29, 0.717) is 5.82 Å². The zero-order chi connectivity index (χ0) is 40.0. The third-order valence-electron chi connectivity index (χ3n) is 12.6. The lowest BCUT2D eigenvalue weighted by atomic mass is 9.86. The fourth-order valence-corrected chi connectivity index (χ4v) is 9.80. The Labute approximate surface area is 351 Å². The molecular weight excluding hydrogens is 741 g/mol. The lowest BCUT2D eigenvalue weighted by Crippen LogP contribution is -1.97. The average Bonchev–Trinajstić information content (AvgIpc) is 3.77. The van der Waals surface area contributed by atoms with Gasteiger partial charge in [-0.05, 0) is 112 Å². The van der Waals surface area contributed by atoms with Gasteiger partial charge in [0.25, 0.3) is 0 Å². The minimum Gasteiger partial charge on any atom is -0.456 e. The van der Waals surface area contributed by atoms with Crippen molar-refractivity contribution in [1.29, 1.82) is 0 Å². The van der Waals surface area contributed by atoms with Crippen LogP contribution in [0.1, 0.15) is 0 Å². The van der Waals surface area contributed by atoms with Crippen LogP contribution in [0, 0.1) is 0 Å². The SMILES string of the molecule is c1ccc(-c2nc(-c3cccc(-c4cc5ccccc5o4)c3)cc(-c3ccccc3-c3cc4ccc5cccc6c7cccc8ccc9cccc(c(c3)c4c56)c9c87)n2)cc1. The molecule has 2 aromatic heterocycles. The lowest BCUT2D eigenvalue weighted by molar-refractivity contribution is 0.631. The molecule has 0 N–H and O–H groups in total. The number of hydrogen-bond acceptors (Lipinski definition) is 3. The lowest BCUT2D eigenvalue weighted by Gasteiger charge is -2.18. The topological polar surface area (TPSA) is 38.9 Å². The van der Waals surface area contributed by atoms with E-state index in [-0.39, 0.29) is 0 Å². The van der Waals surface area contributed by atoms with Crippen molar-refractivity contribution in [3.63, 3.8) is 0 Å². The summed E-state index contributed by atoms with van der Waals surface area (Å²) < 4.78 is 6.31. The highest BCUT2D eigenvalue weighted by molar-refractivity contribution is 6.37. The van der Waals surface area contributed by atoms with E-state index in [9.17, 15) is 0 Å². The number of aromatic nitrogens is 2. The molecule has 0 bridgehead atoms. The Morgan fingerprint density at radius 2 is 0.836 bits per heavy atom. The highest BCUT2D eigenvalue weighted by Gasteiger charge is 2.19. The van der Waals surface area contributed by atoms with Crippen LogP contribution in [0.2, 0.25) is 0 Å². The van der Waals surface area contributed by atoms with E-state index < -0.39 is 0 Å². The smallest absolute Gasteiger partial charge is 0.160 e. The van der Waals surface area contributed by atoms with E-state index in [1.54, 1.807) is 0 Å². The average molecular weight is 775 g/mol. The first kappa shape index (κ1) is 33.8. The number of fused-ring (bicyclic) bond motifs is 3. The zero-order valence-corrected chi connectivity index (χ0v) is 32.9. The van der Waals surface area contributed by atoms with Crippen LogP contribution in [0.25, 0.3) is 132 Å².